The first-order valence-electron chi connectivity index (χ1n) is 4.83. The van der Waals surface area contributed by atoms with Crippen LogP contribution in [0, 0.1) is 5.82 Å². The molecule has 0 bridgehead atoms. The second kappa shape index (κ2) is 5.24. The van der Waals surface area contributed by atoms with E-state index in [1.807, 2.05) is 0 Å². The van der Waals surface area contributed by atoms with Crippen molar-refractivity contribution in [1.29, 1.82) is 0 Å². The fourth-order valence-electron chi connectivity index (χ4n) is 1.28. The Labute approximate surface area is 116 Å². The maximum atomic E-state index is 13.5. The number of hydrogen-bond donors (Lipinski definition) is 1. The van der Waals surface area contributed by atoms with E-state index in [1.54, 1.807) is 5.38 Å². The molecular formula is C10H6ClFN2O3S2. The fourth-order valence-corrected chi connectivity index (χ4v) is 2.58. The van der Waals surface area contributed by atoms with E-state index in [2.05, 4.69) is 10.3 Å². The lowest BCUT2D eigenvalue weighted by atomic mass is 10.2. The number of anilines is 1. The van der Waals surface area contributed by atoms with Crippen LogP contribution in [-0.4, -0.2) is 19.3 Å². The number of carbonyl (C=O) groups excluding carboxylic acids is 1. The summed E-state index contributed by atoms with van der Waals surface area (Å²) in [5.74, 6) is -1.65. The zero-order chi connectivity index (χ0) is 14.0. The van der Waals surface area contributed by atoms with Gasteiger partial charge in [0.15, 0.2) is 5.13 Å². The normalized spacial score (nSPS) is 11.3. The minimum Gasteiger partial charge on any atom is -0.298 e. The van der Waals surface area contributed by atoms with E-state index in [0.717, 1.165) is 29.5 Å². The molecule has 0 saturated heterocycles. The standard InChI is InChI=1S/C10H6ClFN2O3S2/c11-19(16,17)6-1-2-8(12)7(5-6)9(15)14-10-13-3-4-18-10/h1-5H,(H,13,14,15). The van der Waals surface area contributed by atoms with Crippen LogP contribution >= 0.6 is 22.0 Å². The Bertz CT molecular complexity index is 716. The number of hydrogen-bond acceptors (Lipinski definition) is 5. The average molecular weight is 321 g/mol. The van der Waals surface area contributed by atoms with Crippen molar-refractivity contribution >= 4 is 42.1 Å². The highest BCUT2D eigenvalue weighted by molar-refractivity contribution is 8.13. The van der Waals surface area contributed by atoms with Crippen LogP contribution in [0.3, 0.4) is 0 Å². The molecule has 9 heteroatoms. The summed E-state index contributed by atoms with van der Waals surface area (Å²) in [5.41, 5.74) is -0.420. The van der Waals surface area contributed by atoms with Crippen LogP contribution < -0.4 is 5.32 Å². The molecule has 5 nitrogen and oxygen atoms in total. The summed E-state index contributed by atoms with van der Waals surface area (Å²) in [7, 11) is 1.11. The number of rotatable bonds is 3. The monoisotopic (exact) mass is 320 g/mol. The topological polar surface area (TPSA) is 76.1 Å². The Morgan fingerprint density at radius 1 is 1.42 bits per heavy atom. The Morgan fingerprint density at radius 2 is 2.16 bits per heavy atom. The zero-order valence-corrected chi connectivity index (χ0v) is 11.5. The van der Waals surface area contributed by atoms with E-state index in [-0.39, 0.29) is 10.0 Å². The molecule has 0 aliphatic carbocycles. The van der Waals surface area contributed by atoms with Gasteiger partial charge in [0.2, 0.25) is 0 Å². The highest BCUT2D eigenvalue weighted by Crippen LogP contribution is 2.20. The number of nitrogens with one attached hydrogen (secondary N) is 1. The molecule has 0 aliphatic rings. The molecule has 0 unspecified atom stereocenters. The van der Waals surface area contributed by atoms with Crippen molar-refractivity contribution in [2.75, 3.05) is 5.32 Å². The fraction of sp³-hybridized carbons (Fsp3) is 0. The van der Waals surface area contributed by atoms with Gasteiger partial charge in [-0.05, 0) is 18.2 Å². The first-order valence-corrected chi connectivity index (χ1v) is 8.02. The van der Waals surface area contributed by atoms with E-state index in [0.29, 0.717) is 0 Å². The van der Waals surface area contributed by atoms with Gasteiger partial charge >= 0.3 is 0 Å². The average Bonchev–Trinajstić information content (AvgIpc) is 2.80. The molecule has 1 N–H and O–H groups in total. The molecule has 0 atom stereocenters. The summed E-state index contributed by atoms with van der Waals surface area (Å²) < 4.78 is 35.8. The zero-order valence-electron chi connectivity index (χ0n) is 9.13. The third-order valence-corrected chi connectivity index (χ3v) is 4.16. The van der Waals surface area contributed by atoms with Crippen molar-refractivity contribution in [3.8, 4) is 0 Å². The Balaban J connectivity index is 2.36. The van der Waals surface area contributed by atoms with Crippen LogP contribution in [0.1, 0.15) is 10.4 Å². The Kier molecular flexibility index (Phi) is 3.83. The van der Waals surface area contributed by atoms with E-state index in [4.69, 9.17) is 10.7 Å². The van der Waals surface area contributed by atoms with Crippen LogP contribution in [0.15, 0.2) is 34.7 Å². The van der Waals surface area contributed by atoms with Gasteiger partial charge in [-0.2, -0.15) is 0 Å². The lowest BCUT2D eigenvalue weighted by Crippen LogP contribution is -2.14. The quantitative estimate of drug-likeness (QED) is 0.881. The van der Waals surface area contributed by atoms with Crippen LogP contribution in [0.4, 0.5) is 9.52 Å². The lowest BCUT2D eigenvalue weighted by Gasteiger charge is -2.04. The summed E-state index contributed by atoms with van der Waals surface area (Å²) in [6, 6.07) is 2.73. The van der Waals surface area contributed by atoms with E-state index < -0.39 is 26.3 Å². The molecule has 0 fully saturated rings. The van der Waals surface area contributed by atoms with Crippen LogP contribution in [0.5, 0.6) is 0 Å². The maximum Gasteiger partial charge on any atom is 0.261 e. The van der Waals surface area contributed by atoms with E-state index in [9.17, 15) is 17.6 Å². The van der Waals surface area contributed by atoms with Crippen molar-refractivity contribution in [2.45, 2.75) is 4.90 Å². The molecule has 2 rings (SSSR count). The van der Waals surface area contributed by atoms with Gasteiger partial charge in [-0.1, -0.05) is 0 Å². The number of amides is 1. The summed E-state index contributed by atoms with van der Waals surface area (Å²) in [5, 5.41) is 4.26. The van der Waals surface area contributed by atoms with E-state index >= 15 is 0 Å². The molecular weight excluding hydrogens is 315 g/mol. The Morgan fingerprint density at radius 3 is 2.74 bits per heavy atom. The lowest BCUT2D eigenvalue weighted by molar-refractivity contribution is 0.102. The van der Waals surface area contributed by atoms with Crippen molar-refractivity contribution in [1.82, 2.24) is 4.98 Å². The number of nitrogens with zero attached hydrogens (tertiary/aromatic N) is 1. The molecule has 2 aromatic rings. The summed E-state index contributed by atoms with van der Waals surface area (Å²) in [4.78, 5) is 15.2. The summed E-state index contributed by atoms with van der Waals surface area (Å²) in [6.07, 6.45) is 1.47. The molecule has 19 heavy (non-hydrogen) atoms. The molecule has 1 aromatic heterocycles. The van der Waals surface area contributed by atoms with Gasteiger partial charge < -0.3 is 0 Å². The van der Waals surface area contributed by atoms with Crippen molar-refractivity contribution in [2.24, 2.45) is 0 Å². The second-order valence-corrected chi connectivity index (χ2v) is 6.83. The van der Waals surface area contributed by atoms with Gasteiger partial charge in [-0.3, -0.25) is 10.1 Å². The van der Waals surface area contributed by atoms with E-state index in [1.165, 1.54) is 6.20 Å². The van der Waals surface area contributed by atoms with Crippen LogP contribution in [0.2, 0.25) is 0 Å². The minimum absolute atomic E-state index is 0.281. The number of carbonyl (C=O) groups is 1. The minimum atomic E-state index is -4.03. The van der Waals surface area contributed by atoms with Crippen LogP contribution in [-0.2, 0) is 9.05 Å². The smallest absolute Gasteiger partial charge is 0.261 e. The molecule has 0 saturated carbocycles. The first-order chi connectivity index (χ1) is 8.88. The highest BCUT2D eigenvalue weighted by atomic mass is 35.7. The predicted octanol–water partition coefficient (Wildman–Crippen LogP) is 2.46. The summed E-state index contributed by atoms with van der Waals surface area (Å²) >= 11 is 1.15. The van der Waals surface area contributed by atoms with Gasteiger partial charge in [-0.25, -0.2) is 17.8 Å². The number of aromatic nitrogens is 1. The number of thiazole rings is 1. The van der Waals surface area contributed by atoms with Gasteiger partial charge in [0.1, 0.15) is 5.82 Å². The van der Waals surface area contributed by atoms with Crippen molar-refractivity contribution in [3.05, 3.63) is 41.2 Å². The number of benzene rings is 1. The van der Waals surface area contributed by atoms with Gasteiger partial charge in [0.25, 0.3) is 15.0 Å². The SMILES string of the molecule is O=C(Nc1nccs1)c1cc(S(=O)(=O)Cl)ccc1F. The molecule has 1 aromatic carbocycles. The third kappa shape index (κ3) is 3.28. The highest BCUT2D eigenvalue weighted by Gasteiger charge is 2.18. The Hall–Kier alpha value is -1.51. The summed E-state index contributed by atoms with van der Waals surface area (Å²) in [6.45, 7) is 0. The van der Waals surface area contributed by atoms with Gasteiger partial charge in [-0.15, -0.1) is 11.3 Å². The van der Waals surface area contributed by atoms with Crippen molar-refractivity contribution < 1.29 is 17.6 Å². The molecule has 0 aliphatic heterocycles. The largest absolute Gasteiger partial charge is 0.298 e. The maximum absolute atomic E-state index is 13.5. The predicted molar refractivity (Wildman–Crippen MR) is 69.5 cm³/mol. The first kappa shape index (κ1) is 13.9. The second-order valence-electron chi connectivity index (χ2n) is 3.37. The molecule has 1 amide bonds. The molecule has 100 valence electrons. The van der Waals surface area contributed by atoms with Gasteiger partial charge in [0, 0.05) is 22.3 Å². The third-order valence-electron chi connectivity index (χ3n) is 2.12. The molecule has 0 radical (unpaired) electrons. The van der Waals surface area contributed by atoms with Gasteiger partial charge in [0.05, 0.1) is 10.5 Å². The van der Waals surface area contributed by atoms with Crippen LogP contribution in [0.25, 0.3) is 0 Å². The van der Waals surface area contributed by atoms with Crippen molar-refractivity contribution in [3.63, 3.8) is 0 Å². The molecule has 1 heterocycles. The molecule has 0 spiro atoms. The number of halogens is 2.